The van der Waals surface area contributed by atoms with Crippen molar-refractivity contribution in [2.75, 3.05) is 17.2 Å². The van der Waals surface area contributed by atoms with Crippen molar-refractivity contribution in [2.45, 2.75) is 13.3 Å². The van der Waals surface area contributed by atoms with E-state index < -0.39 is 0 Å². The number of rotatable bonds is 5. The SMILES string of the molecule is CCCNc1ccnc(C(=O)Nc2ccc(Cl)cc2I)c1. The van der Waals surface area contributed by atoms with Crippen molar-refractivity contribution in [1.82, 2.24) is 4.98 Å². The molecule has 0 bridgehead atoms. The van der Waals surface area contributed by atoms with Crippen molar-refractivity contribution in [3.05, 3.63) is 50.8 Å². The van der Waals surface area contributed by atoms with Gasteiger partial charge in [-0.1, -0.05) is 18.5 Å². The highest BCUT2D eigenvalue weighted by molar-refractivity contribution is 14.1. The van der Waals surface area contributed by atoms with Crippen molar-refractivity contribution in [2.24, 2.45) is 0 Å². The van der Waals surface area contributed by atoms with E-state index >= 15 is 0 Å². The molecule has 0 spiro atoms. The Labute approximate surface area is 142 Å². The first-order chi connectivity index (χ1) is 10.1. The molecule has 21 heavy (non-hydrogen) atoms. The number of benzene rings is 1. The summed E-state index contributed by atoms with van der Waals surface area (Å²) in [6, 6.07) is 8.91. The number of nitrogens with zero attached hydrogens (tertiary/aromatic N) is 1. The second-order valence-electron chi connectivity index (χ2n) is 4.43. The highest BCUT2D eigenvalue weighted by Gasteiger charge is 2.10. The lowest BCUT2D eigenvalue weighted by Crippen LogP contribution is -2.15. The molecule has 1 aromatic heterocycles. The summed E-state index contributed by atoms with van der Waals surface area (Å²) in [6.45, 7) is 2.95. The van der Waals surface area contributed by atoms with Gasteiger partial charge in [-0.3, -0.25) is 9.78 Å². The van der Waals surface area contributed by atoms with E-state index in [1.807, 2.05) is 6.07 Å². The van der Waals surface area contributed by atoms with Crippen molar-refractivity contribution in [3.8, 4) is 0 Å². The van der Waals surface area contributed by atoms with Crippen LogP contribution in [0.2, 0.25) is 5.02 Å². The molecule has 110 valence electrons. The van der Waals surface area contributed by atoms with Gasteiger partial charge in [0.1, 0.15) is 5.69 Å². The summed E-state index contributed by atoms with van der Waals surface area (Å²) in [5, 5.41) is 6.72. The highest BCUT2D eigenvalue weighted by atomic mass is 127. The number of carbonyl (C=O) groups excluding carboxylic acids is 1. The fraction of sp³-hybridized carbons (Fsp3) is 0.200. The van der Waals surface area contributed by atoms with Crippen LogP contribution in [0.15, 0.2) is 36.5 Å². The summed E-state index contributed by atoms with van der Waals surface area (Å²) in [7, 11) is 0. The lowest BCUT2D eigenvalue weighted by Gasteiger charge is -2.09. The first kappa shape index (κ1) is 16.0. The van der Waals surface area contributed by atoms with Crippen LogP contribution < -0.4 is 10.6 Å². The number of pyridine rings is 1. The van der Waals surface area contributed by atoms with Crippen molar-refractivity contribution >= 4 is 51.5 Å². The van der Waals surface area contributed by atoms with E-state index in [0.717, 1.165) is 27.9 Å². The van der Waals surface area contributed by atoms with Gasteiger partial charge in [-0.05, 0) is 59.3 Å². The molecule has 0 radical (unpaired) electrons. The van der Waals surface area contributed by atoms with Crippen molar-refractivity contribution in [3.63, 3.8) is 0 Å². The third-order valence-electron chi connectivity index (χ3n) is 2.75. The minimum atomic E-state index is -0.240. The van der Waals surface area contributed by atoms with Crippen LogP contribution in [0.4, 0.5) is 11.4 Å². The molecule has 0 aliphatic rings. The van der Waals surface area contributed by atoms with Gasteiger partial charge in [-0.25, -0.2) is 0 Å². The third kappa shape index (κ3) is 4.57. The topological polar surface area (TPSA) is 54.0 Å². The maximum Gasteiger partial charge on any atom is 0.274 e. The van der Waals surface area contributed by atoms with Gasteiger partial charge >= 0.3 is 0 Å². The lowest BCUT2D eigenvalue weighted by atomic mass is 10.2. The van der Waals surface area contributed by atoms with Crippen LogP contribution in [0.5, 0.6) is 0 Å². The average molecular weight is 416 g/mol. The van der Waals surface area contributed by atoms with Gasteiger partial charge in [-0.15, -0.1) is 0 Å². The fourth-order valence-electron chi connectivity index (χ4n) is 1.71. The molecule has 1 aromatic carbocycles. The van der Waals surface area contributed by atoms with E-state index in [0.29, 0.717) is 10.7 Å². The first-order valence-electron chi connectivity index (χ1n) is 6.56. The first-order valence-corrected chi connectivity index (χ1v) is 8.02. The number of amides is 1. The Hall–Kier alpha value is -1.34. The Morgan fingerprint density at radius 1 is 1.33 bits per heavy atom. The van der Waals surface area contributed by atoms with Gasteiger partial charge in [-0.2, -0.15) is 0 Å². The predicted molar refractivity (Wildman–Crippen MR) is 95.1 cm³/mol. The molecule has 2 rings (SSSR count). The van der Waals surface area contributed by atoms with E-state index in [4.69, 9.17) is 11.6 Å². The summed E-state index contributed by atoms with van der Waals surface area (Å²) < 4.78 is 0.883. The Balaban J connectivity index is 2.12. The zero-order chi connectivity index (χ0) is 15.2. The number of nitrogens with one attached hydrogen (secondary N) is 2. The molecule has 1 heterocycles. The quantitative estimate of drug-likeness (QED) is 0.711. The van der Waals surface area contributed by atoms with E-state index in [1.165, 1.54) is 0 Å². The van der Waals surface area contributed by atoms with Gasteiger partial charge < -0.3 is 10.6 Å². The summed E-state index contributed by atoms with van der Waals surface area (Å²) in [5.74, 6) is -0.240. The van der Waals surface area contributed by atoms with Crippen LogP contribution >= 0.6 is 34.2 Å². The number of halogens is 2. The number of hydrogen-bond acceptors (Lipinski definition) is 3. The highest BCUT2D eigenvalue weighted by Crippen LogP contribution is 2.22. The lowest BCUT2D eigenvalue weighted by molar-refractivity contribution is 0.102. The van der Waals surface area contributed by atoms with Gasteiger partial charge in [0.2, 0.25) is 0 Å². The molecular weight excluding hydrogens is 401 g/mol. The Bertz CT molecular complexity index is 649. The van der Waals surface area contributed by atoms with Crippen LogP contribution in [-0.4, -0.2) is 17.4 Å². The summed E-state index contributed by atoms with van der Waals surface area (Å²) in [6.07, 6.45) is 2.65. The summed E-state index contributed by atoms with van der Waals surface area (Å²) in [4.78, 5) is 16.3. The molecule has 0 fully saturated rings. The molecule has 6 heteroatoms. The third-order valence-corrected chi connectivity index (χ3v) is 3.88. The maximum atomic E-state index is 12.2. The normalized spacial score (nSPS) is 10.2. The molecule has 0 aliphatic carbocycles. The van der Waals surface area contributed by atoms with Gasteiger partial charge in [0, 0.05) is 27.0 Å². The molecule has 2 aromatic rings. The molecule has 0 saturated heterocycles. The smallest absolute Gasteiger partial charge is 0.274 e. The molecule has 0 aliphatic heterocycles. The second kappa shape index (κ2) is 7.61. The standard InChI is InChI=1S/C15H15ClIN3O/c1-2-6-18-11-5-7-19-14(9-11)15(21)20-13-4-3-10(16)8-12(13)17/h3-5,7-9H,2,6H2,1H3,(H,18,19)(H,20,21). The molecular formula is C15H15ClIN3O. The number of hydrogen-bond donors (Lipinski definition) is 2. The van der Waals surface area contributed by atoms with Gasteiger partial charge in [0.15, 0.2) is 0 Å². The van der Waals surface area contributed by atoms with Crippen LogP contribution in [0, 0.1) is 3.57 Å². The number of anilines is 2. The molecule has 0 atom stereocenters. The van der Waals surface area contributed by atoms with E-state index in [2.05, 4.69) is 45.1 Å². The zero-order valence-electron chi connectivity index (χ0n) is 11.5. The molecule has 4 nitrogen and oxygen atoms in total. The molecule has 1 amide bonds. The van der Waals surface area contributed by atoms with Crippen LogP contribution in [-0.2, 0) is 0 Å². The van der Waals surface area contributed by atoms with Crippen LogP contribution in [0.3, 0.4) is 0 Å². The Morgan fingerprint density at radius 2 is 2.14 bits per heavy atom. The Morgan fingerprint density at radius 3 is 2.86 bits per heavy atom. The minimum absolute atomic E-state index is 0.240. The van der Waals surface area contributed by atoms with Gasteiger partial charge in [0.25, 0.3) is 5.91 Å². The number of aromatic nitrogens is 1. The van der Waals surface area contributed by atoms with Crippen molar-refractivity contribution < 1.29 is 4.79 Å². The van der Waals surface area contributed by atoms with Crippen LogP contribution in [0.1, 0.15) is 23.8 Å². The van der Waals surface area contributed by atoms with E-state index in [9.17, 15) is 4.79 Å². The van der Waals surface area contributed by atoms with Gasteiger partial charge in [0.05, 0.1) is 5.69 Å². The minimum Gasteiger partial charge on any atom is -0.385 e. The summed E-state index contributed by atoms with van der Waals surface area (Å²) in [5.41, 5.74) is 1.99. The predicted octanol–water partition coefficient (Wildman–Crippen LogP) is 4.41. The summed E-state index contributed by atoms with van der Waals surface area (Å²) >= 11 is 8.03. The van der Waals surface area contributed by atoms with E-state index in [-0.39, 0.29) is 5.91 Å². The average Bonchev–Trinajstić information content (AvgIpc) is 2.48. The van der Waals surface area contributed by atoms with Crippen LogP contribution in [0.25, 0.3) is 0 Å². The monoisotopic (exact) mass is 415 g/mol. The largest absolute Gasteiger partial charge is 0.385 e. The fourth-order valence-corrected chi connectivity index (χ4v) is 2.72. The van der Waals surface area contributed by atoms with Crippen molar-refractivity contribution in [1.29, 1.82) is 0 Å². The maximum absolute atomic E-state index is 12.2. The van der Waals surface area contributed by atoms with E-state index in [1.54, 1.807) is 30.5 Å². The molecule has 0 saturated carbocycles. The molecule has 0 unspecified atom stereocenters. The number of carbonyl (C=O) groups is 1. The zero-order valence-corrected chi connectivity index (χ0v) is 14.4. The second-order valence-corrected chi connectivity index (χ2v) is 6.03. The molecule has 2 N–H and O–H groups in total. The Kier molecular flexibility index (Phi) is 5.81.